The molecular formula is C18H24N2O. The second-order valence-electron chi connectivity index (χ2n) is 5.29. The second-order valence-corrected chi connectivity index (χ2v) is 5.29. The maximum Gasteiger partial charge on any atom is 0.146 e. The van der Waals surface area contributed by atoms with Crippen LogP contribution in [-0.2, 0) is 6.54 Å². The zero-order valence-electron chi connectivity index (χ0n) is 13.1. The molecule has 1 heterocycles. The lowest BCUT2D eigenvalue weighted by Gasteiger charge is -2.11. The molecule has 2 rings (SSSR count). The van der Waals surface area contributed by atoms with Crippen LogP contribution in [-0.4, -0.2) is 11.5 Å². The van der Waals surface area contributed by atoms with Crippen LogP contribution in [0.3, 0.4) is 0 Å². The van der Waals surface area contributed by atoms with Gasteiger partial charge in [0.1, 0.15) is 11.5 Å². The first-order valence-corrected chi connectivity index (χ1v) is 7.65. The van der Waals surface area contributed by atoms with Gasteiger partial charge in [-0.1, -0.05) is 32.9 Å². The molecule has 0 spiro atoms. The highest BCUT2D eigenvalue weighted by Crippen LogP contribution is 2.25. The number of pyridine rings is 1. The SMILES string of the molecule is CCNCc1cncc(Oc2ccc(C(C)CC)cc2)c1. The van der Waals surface area contributed by atoms with Gasteiger partial charge in [0, 0.05) is 12.7 Å². The van der Waals surface area contributed by atoms with Crippen molar-refractivity contribution in [2.75, 3.05) is 6.54 Å². The summed E-state index contributed by atoms with van der Waals surface area (Å²) in [5, 5.41) is 3.29. The molecule has 1 aromatic heterocycles. The normalized spacial score (nSPS) is 12.1. The van der Waals surface area contributed by atoms with Gasteiger partial charge in [-0.15, -0.1) is 0 Å². The minimum absolute atomic E-state index is 0.587. The Bertz CT molecular complexity index is 551. The number of hydrogen-bond donors (Lipinski definition) is 1. The quantitative estimate of drug-likeness (QED) is 0.813. The van der Waals surface area contributed by atoms with Crippen molar-refractivity contribution in [3.63, 3.8) is 0 Å². The molecule has 0 amide bonds. The standard InChI is InChI=1S/C18H24N2O/c1-4-14(3)16-6-8-17(9-7-16)21-18-10-15(11-19-5-2)12-20-13-18/h6-10,12-14,19H,4-5,11H2,1-3H3. The zero-order chi connectivity index (χ0) is 15.1. The summed E-state index contributed by atoms with van der Waals surface area (Å²) in [7, 11) is 0. The number of aromatic nitrogens is 1. The van der Waals surface area contributed by atoms with Gasteiger partial charge in [0.25, 0.3) is 0 Å². The first-order chi connectivity index (χ1) is 10.2. The van der Waals surface area contributed by atoms with Gasteiger partial charge in [0.15, 0.2) is 0 Å². The number of nitrogens with one attached hydrogen (secondary N) is 1. The third kappa shape index (κ3) is 4.57. The topological polar surface area (TPSA) is 34.2 Å². The van der Waals surface area contributed by atoms with E-state index < -0.39 is 0 Å². The molecule has 0 bridgehead atoms. The van der Waals surface area contributed by atoms with Crippen molar-refractivity contribution in [1.82, 2.24) is 10.3 Å². The van der Waals surface area contributed by atoms with Gasteiger partial charge in [-0.05, 0) is 48.2 Å². The molecule has 0 aliphatic rings. The predicted octanol–water partition coefficient (Wildman–Crippen LogP) is 4.50. The highest BCUT2D eigenvalue weighted by molar-refractivity contribution is 5.34. The summed E-state index contributed by atoms with van der Waals surface area (Å²) >= 11 is 0. The monoisotopic (exact) mass is 284 g/mol. The third-order valence-corrected chi connectivity index (χ3v) is 3.65. The van der Waals surface area contributed by atoms with Crippen molar-refractivity contribution >= 4 is 0 Å². The first kappa shape index (κ1) is 15.5. The summed E-state index contributed by atoms with van der Waals surface area (Å²) in [6.07, 6.45) is 4.76. The van der Waals surface area contributed by atoms with Gasteiger partial charge in [-0.25, -0.2) is 0 Å². The molecule has 0 aliphatic carbocycles. The summed E-state index contributed by atoms with van der Waals surface area (Å²) in [5.41, 5.74) is 2.48. The van der Waals surface area contributed by atoms with Crippen molar-refractivity contribution in [3.8, 4) is 11.5 Å². The Hall–Kier alpha value is -1.87. The van der Waals surface area contributed by atoms with Crippen LogP contribution in [0.4, 0.5) is 0 Å². The van der Waals surface area contributed by atoms with E-state index in [2.05, 4.69) is 43.2 Å². The van der Waals surface area contributed by atoms with Crippen LogP contribution >= 0.6 is 0 Å². The smallest absolute Gasteiger partial charge is 0.146 e. The minimum atomic E-state index is 0.587. The fourth-order valence-electron chi connectivity index (χ4n) is 2.12. The van der Waals surface area contributed by atoms with Crippen LogP contribution in [0.2, 0.25) is 0 Å². The summed E-state index contributed by atoms with van der Waals surface area (Å²) in [6.45, 7) is 8.29. The lowest BCUT2D eigenvalue weighted by molar-refractivity contribution is 0.478. The average molecular weight is 284 g/mol. The van der Waals surface area contributed by atoms with E-state index in [0.717, 1.165) is 36.6 Å². The van der Waals surface area contributed by atoms with Crippen molar-refractivity contribution in [2.45, 2.75) is 39.7 Å². The highest BCUT2D eigenvalue weighted by Gasteiger charge is 2.04. The maximum absolute atomic E-state index is 5.88. The van der Waals surface area contributed by atoms with E-state index in [9.17, 15) is 0 Å². The number of benzene rings is 1. The average Bonchev–Trinajstić information content (AvgIpc) is 2.53. The molecule has 0 saturated carbocycles. The number of rotatable bonds is 7. The zero-order valence-corrected chi connectivity index (χ0v) is 13.1. The van der Waals surface area contributed by atoms with E-state index in [4.69, 9.17) is 4.74 Å². The lowest BCUT2D eigenvalue weighted by Crippen LogP contribution is -2.11. The Morgan fingerprint density at radius 1 is 1.10 bits per heavy atom. The van der Waals surface area contributed by atoms with Crippen molar-refractivity contribution in [2.24, 2.45) is 0 Å². The first-order valence-electron chi connectivity index (χ1n) is 7.65. The highest BCUT2D eigenvalue weighted by atomic mass is 16.5. The Balaban J connectivity index is 2.04. The Morgan fingerprint density at radius 2 is 1.86 bits per heavy atom. The number of ether oxygens (including phenoxy) is 1. The van der Waals surface area contributed by atoms with E-state index in [0.29, 0.717) is 5.92 Å². The molecule has 3 nitrogen and oxygen atoms in total. The van der Waals surface area contributed by atoms with Crippen LogP contribution in [0.5, 0.6) is 11.5 Å². The third-order valence-electron chi connectivity index (χ3n) is 3.65. The fraction of sp³-hybridized carbons (Fsp3) is 0.389. The van der Waals surface area contributed by atoms with Crippen molar-refractivity contribution in [1.29, 1.82) is 0 Å². The molecule has 1 aromatic carbocycles. The van der Waals surface area contributed by atoms with Gasteiger partial charge < -0.3 is 10.1 Å². The van der Waals surface area contributed by atoms with Gasteiger partial charge in [-0.3, -0.25) is 4.98 Å². The van der Waals surface area contributed by atoms with Crippen LogP contribution in [0.25, 0.3) is 0 Å². The lowest BCUT2D eigenvalue weighted by atomic mass is 9.99. The minimum Gasteiger partial charge on any atom is -0.456 e. The van der Waals surface area contributed by atoms with Gasteiger partial charge >= 0.3 is 0 Å². The number of hydrogen-bond acceptors (Lipinski definition) is 3. The molecule has 0 fully saturated rings. The Morgan fingerprint density at radius 3 is 2.52 bits per heavy atom. The maximum atomic E-state index is 5.88. The van der Waals surface area contributed by atoms with E-state index >= 15 is 0 Å². The van der Waals surface area contributed by atoms with Crippen LogP contribution in [0.15, 0.2) is 42.7 Å². The van der Waals surface area contributed by atoms with E-state index in [-0.39, 0.29) is 0 Å². The molecule has 2 aromatic rings. The summed E-state index contributed by atoms with van der Waals surface area (Å²) in [5.74, 6) is 2.22. The molecule has 0 saturated heterocycles. The molecule has 3 heteroatoms. The van der Waals surface area contributed by atoms with Crippen molar-refractivity contribution < 1.29 is 4.74 Å². The molecule has 1 unspecified atom stereocenters. The summed E-state index contributed by atoms with van der Waals surface area (Å²) < 4.78 is 5.88. The van der Waals surface area contributed by atoms with E-state index in [1.807, 2.05) is 24.4 Å². The largest absolute Gasteiger partial charge is 0.456 e. The van der Waals surface area contributed by atoms with Crippen LogP contribution in [0.1, 0.15) is 44.2 Å². The molecule has 21 heavy (non-hydrogen) atoms. The summed E-state index contributed by atoms with van der Waals surface area (Å²) in [6, 6.07) is 10.4. The molecule has 1 N–H and O–H groups in total. The molecule has 112 valence electrons. The molecule has 0 aliphatic heterocycles. The Kier molecular flexibility index (Phi) is 5.76. The van der Waals surface area contributed by atoms with E-state index in [1.54, 1.807) is 6.20 Å². The van der Waals surface area contributed by atoms with Crippen molar-refractivity contribution in [3.05, 3.63) is 53.9 Å². The summed E-state index contributed by atoms with van der Waals surface area (Å²) in [4.78, 5) is 4.23. The van der Waals surface area contributed by atoms with Gasteiger partial charge in [0.2, 0.25) is 0 Å². The Labute approximate surface area is 127 Å². The molecule has 0 radical (unpaired) electrons. The van der Waals surface area contributed by atoms with Crippen LogP contribution in [0, 0.1) is 0 Å². The van der Waals surface area contributed by atoms with Gasteiger partial charge in [-0.2, -0.15) is 0 Å². The van der Waals surface area contributed by atoms with Gasteiger partial charge in [0.05, 0.1) is 6.20 Å². The molecule has 1 atom stereocenters. The fourth-order valence-corrected chi connectivity index (χ4v) is 2.12. The predicted molar refractivity (Wildman–Crippen MR) is 86.8 cm³/mol. The molecular weight excluding hydrogens is 260 g/mol. The number of nitrogens with zero attached hydrogens (tertiary/aromatic N) is 1. The second kappa shape index (κ2) is 7.79. The van der Waals surface area contributed by atoms with E-state index in [1.165, 1.54) is 5.56 Å². The van der Waals surface area contributed by atoms with Crippen LogP contribution < -0.4 is 10.1 Å².